The van der Waals surface area contributed by atoms with Crippen molar-refractivity contribution in [2.75, 3.05) is 19.8 Å². The van der Waals surface area contributed by atoms with Crippen LogP contribution in [-0.2, 0) is 0 Å². The second-order valence-electron chi connectivity index (χ2n) is 7.27. The highest BCUT2D eigenvalue weighted by molar-refractivity contribution is 6.00. The molecule has 1 aliphatic rings. The number of aliphatic hydroxyl groups is 1. The number of carbonyl (C=O) groups excluding carboxylic acids is 1. The first-order chi connectivity index (χ1) is 14.7. The minimum absolute atomic E-state index is 0.00118. The number of ether oxygens (including phenoxy) is 1. The van der Waals surface area contributed by atoms with Gasteiger partial charge in [0.15, 0.2) is 0 Å². The molecule has 1 amide bonds. The second kappa shape index (κ2) is 8.59. The average molecular weight is 407 g/mol. The summed E-state index contributed by atoms with van der Waals surface area (Å²) in [6.45, 7) is 3.11. The van der Waals surface area contributed by atoms with Gasteiger partial charge in [-0.15, -0.1) is 0 Å². The van der Waals surface area contributed by atoms with Crippen LogP contribution in [0.15, 0.2) is 48.5 Å². The highest BCUT2D eigenvalue weighted by atomic mass is 16.5. The summed E-state index contributed by atoms with van der Waals surface area (Å²) >= 11 is 0. The summed E-state index contributed by atoms with van der Waals surface area (Å²) in [5.41, 5.74) is 3.20. The molecular formula is C23H25N3O4. The van der Waals surface area contributed by atoms with E-state index in [4.69, 9.17) is 4.74 Å². The SMILES string of the molecule is CCCOc1ccc(C2c3c(-c4ccccc4O)n[nH]c3C(=O)N2CCCO)cc1. The fourth-order valence-corrected chi connectivity index (χ4v) is 3.86. The molecule has 3 N–H and O–H groups in total. The van der Waals surface area contributed by atoms with Gasteiger partial charge < -0.3 is 19.8 Å². The molecule has 2 aromatic carbocycles. The number of aromatic nitrogens is 2. The molecule has 0 saturated carbocycles. The standard InChI is InChI=1S/C23H25N3O4/c1-2-14-30-16-10-8-15(9-11-16)22-19-20(17-6-3-4-7-18(17)28)24-25-21(19)23(29)26(22)12-5-13-27/h3-4,6-11,22,27-28H,2,5,12-14H2,1H3,(H,24,25). The number of hydrogen-bond donors (Lipinski definition) is 3. The first kappa shape index (κ1) is 20.0. The van der Waals surface area contributed by atoms with E-state index in [0.29, 0.717) is 36.5 Å². The van der Waals surface area contributed by atoms with Crippen LogP contribution < -0.4 is 4.74 Å². The van der Waals surface area contributed by atoms with Crippen LogP contribution in [0.4, 0.5) is 0 Å². The number of phenolic OH excluding ortho intramolecular Hbond substituents is 1. The van der Waals surface area contributed by atoms with Gasteiger partial charge in [-0.05, 0) is 42.7 Å². The largest absolute Gasteiger partial charge is 0.507 e. The van der Waals surface area contributed by atoms with E-state index in [0.717, 1.165) is 23.3 Å². The van der Waals surface area contributed by atoms with Crippen molar-refractivity contribution in [3.05, 3.63) is 65.4 Å². The van der Waals surface area contributed by atoms with Crippen molar-refractivity contribution in [1.82, 2.24) is 15.1 Å². The van der Waals surface area contributed by atoms with Gasteiger partial charge in [0.25, 0.3) is 5.91 Å². The third-order valence-corrected chi connectivity index (χ3v) is 5.25. The highest BCUT2D eigenvalue weighted by Gasteiger charge is 2.42. The van der Waals surface area contributed by atoms with Crippen molar-refractivity contribution < 1.29 is 19.7 Å². The van der Waals surface area contributed by atoms with Crippen LogP contribution in [0.3, 0.4) is 0 Å². The molecule has 0 saturated heterocycles. The summed E-state index contributed by atoms with van der Waals surface area (Å²) in [4.78, 5) is 14.9. The molecule has 0 bridgehead atoms. The number of nitrogens with zero attached hydrogens (tertiary/aromatic N) is 2. The Kier molecular flexibility index (Phi) is 5.72. The average Bonchev–Trinajstić information content (AvgIpc) is 3.30. The molecule has 0 spiro atoms. The van der Waals surface area contributed by atoms with E-state index >= 15 is 0 Å². The number of fused-ring (bicyclic) bond motifs is 1. The van der Waals surface area contributed by atoms with E-state index in [2.05, 4.69) is 17.1 Å². The molecule has 1 aromatic heterocycles. The lowest BCUT2D eigenvalue weighted by Gasteiger charge is -2.26. The highest BCUT2D eigenvalue weighted by Crippen LogP contribution is 2.44. The van der Waals surface area contributed by atoms with Crippen molar-refractivity contribution in [1.29, 1.82) is 0 Å². The summed E-state index contributed by atoms with van der Waals surface area (Å²) in [5, 5.41) is 26.9. The molecule has 7 nitrogen and oxygen atoms in total. The van der Waals surface area contributed by atoms with E-state index in [-0.39, 0.29) is 24.3 Å². The molecule has 30 heavy (non-hydrogen) atoms. The van der Waals surface area contributed by atoms with Gasteiger partial charge in [0, 0.05) is 24.3 Å². The van der Waals surface area contributed by atoms with E-state index in [9.17, 15) is 15.0 Å². The Balaban J connectivity index is 1.78. The van der Waals surface area contributed by atoms with Crippen LogP contribution in [0.25, 0.3) is 11.3 Å². The maximum absolute atomic E-state index is 13.1. The van der Waals surface area contributed by atoms with E-state index < -0.39 is 0 Å². The summed E-state index contributed by atoms with van der Waals surface area (Å²) in [7, 11) is 0. The first-order valence-electron chi connectivity index (χ1n) is 10.2. The fraction of sp³-hybridized carbons (Fsp3) is 0.304. The molecule has 7 heteroatoms. The summed E-state index contributed by atoms with van der Waals surface area (Å²) in [6, 6.07) is 14.3. The first-order valence-corrected chi connectivity index (χ1v) is 10.2. The van der Waals surface area contributed by atoms with Crippen molar-refractivity contribution >= 4 is 5.91 Å². The topological polar surface area (TPSA) is 98.7 Å². The van der Waals surface area contributed by atoms with Gasteiger partial charge in [-0.2, -0.15) is 5.10 Å². The zero-order chi connectivity index (χ0) is 21.1. The summed E-state index contributed by atoms with van der Waals surface area (Å²) in [5.74, 6) is 0.722. The van der Waals surface area contributed by atoms with Crippen LogP contribution in [0.5, 0.6) is 11.5 Å². The molecule has 2 heterocycles. The number of aliphatic hydroxyl groups excluding tert-OH is 1. The molecule has 0 radical (unpaired) electrons. The van der Waals surface area contributed by atoms with Crippen molar-refractivity contribution in [3.63, 3.8) is 0 Å². The lowest BCUT2D eigenvalue weighted by molar-refractivity contribution is 0.0732. The Bertz CT molecular complexity index is 1030. The van der Waals surface area contributed by atoms with Crippen molar-refractivity contribution in [3.8, 4) is 22.8 Å². The van der Waals surface area contributed by atoms with Gasteiger partial charge in [0.05, 0.1) is 12.6 Å². The Labute approximate surface area is 174 Å². The summed E-state index contributed by atoms with van der Waals surface area (Å²) < 4.78 is 5.68. The smallest absolute Gasteiger partial charge is 0.273 e. The minimum atomic E-state index is -0.368. The predicted octanol–water partition coefficient (Wildman–Crippen LogP) is 3.50. The Hall–Kier alpha value is -3.32. The van der Waals surface area contributed by atoms with Crippen LogP contribution >= 0.6 is 0 Å². The van der Waals surface area contributed by atoms with Gasteiger partial charge in [-0.1, -0.05) is 31.2 Å². The molecule has 0 fully saturated rings. The maximum Gasteiger partial charge on any atom is 0.273 e. The third kappa shape index (κ3) is 3.52. The van der Waals surface area contributed by atoms with Crippen LogP contribution in [0.2, 0.25) is 0 Å². The number of carbonyl (C=O) groups is 1. The second-order valence-corrected chi connectivity index (χ2v) is 7.27. The number of benzene rings is 2. The van der Waals surface area contributed by atoms with Gasteiger partial charge in [-0.3, -0.25) is 9.89 Å². The van der Waals surface area contributed by atoms with E-state index in [1.807, 2.05) is 30.3 Å². The van der Waals surface area contributed by atoms with Gasteiger partial charge in [-0.25, -0.2) is 0 Å². The number of hydrogen-bond acceptors (Lipinski definition) is 5. The number of amides is 1. The number of phenols is 1. The predicted molar refractivity (Wildman–Crippen MR) is 112 cm³/mol. The van der Waals surface area contributed by atoms with Crippen molar-refractivity contribution in [2.24, 2.45) is 0 Å². The molecule has 0 aliphatic carbocycles. The monoisotopic (exact) mass is 407 g/mol. The number of nitrogens with one attached hydrogen (secondary N) is 1. The molecule has 1 atom stereocenters. The molecule has 1 aliphatic heterocycles. The van der Waals surface area contributed by atoms with Crippen LogP contribution in [0, 0.1) is 0 Å². The molecular weight excluding hydrogens is 382 g/mol. The third-order valence-electron chi connectivity index (χ3n) is 5.25. The zero-order valence-corrected chi connectivity index (χ0v) is 16.8. The molecule has 3 aromatic rings. The molecule has 1 unspecified atom stereocenters. The molecule has 4 rings (SSSR count). The fourth-order valence-electron chi connectivity index (χ4n) is 3.86. The Morgan fingerprint density at radius 2 is 1.93 bits per heavy atom. The van der Waals surface area contributed by atoms with Gasteiger partial charge in [0.1, 0.15) is 22.9 Å². The zero-order valence-electron chi connectivity index (χ0n) is 16.8. The Morgan fingerprint density at radius 1 is 1.17 bits per heavy atom. The van der Waals surface area contributed by atoms with Crippen LogP contribution in [-0.4, -0.2) is 51.0 Å². The Morgan fingerprint density at radius 3 is 2.63 bits per heavy atom. The van der Waals surface area contributed by atoms with Gasteiger partial charge >= 0.3 is 0 Å². The number of H-pyrrole nitrogens is 1. The number of para-hydroxylation sites is 1. The lowest BCUT2D eigenvalue weighted by atomic mass is 9.95. The quantitative estimate of drug-likeness (QED) is 0.531. The summed E-state index contributed by atoms with van der Waals surface area (Å²) in [6.07, 6.45) is 1.40. The van der Waals surface area contributed by atoms with Gasteiger partial charge in [0.2, 0.25) is 0 Å². The van der Waals surface area contributed by atoms with E-state index in [1.165, 1.54) is 0 Å². The number of rotatable bonds is 8. The number of aromatic amines is 1. The van der Waals surface area contributed by atoms with Crippen LogP contribution in [0.1, 0.15) is 47.4 Å². The maximum atomic E-state index is 13.1. The normalized spacial score (nSPS) is 15.5. The molecule has 156 valence electrons. The number of aromatic hydroxyl groups is 1. The minimum Gasteiger partial charge on any atom is -0.507 e. The van der Waals surface area contributed by atoms with Crippen molar-refractivity contribution in [2.45, 2.75) is 25.8 Å². The lowest BCUT2D eigenvalue weighted by Crippen LogP contribution is -2.31. The van der Waals surface area contributed by atoms with E-state index in [1.54, 1.807) is 23.1 Å².